The first-order valence-electron chi connectivity index (χ1n) is 10.9. The molecular formula is C18H17F15N4O3S. The number of hydrazine groups is 1. The average molecular weight is 654 g/mol. The predicted octanol–water partition coefficient (Wildman–Crippen LogP) is 4.23. The minimum atomic E-state index is -8.52. The Morgan fingerprint density at radius 1 is 0.732 bits per heavy atom. The molecule has 0 aromatic carbocycles. The van der Waals surface area contributed by atoms with Crippen molar-refractivity contribution in [3.8, 4) is 0 Å². The number of thioether (sulfide) groups is 1. The Morgan fingerprint density at radius 3 is 1.78 bits per heavy atom. The molecule has 0 unspecified atom stereocenters. The van der Waals surface area contributed by atoms with Crippen LogP contribution in [0.2, 0.25) is 0 Å². The molecule has 2 heterocycles. The lowest BCUT2D eigenvalue weighted by Gasteiger charge is -2.41. The molecule has 7 nitrogen and oxygen atoms in total. The van der Waals surface area contributed by atoms with Gasteiger partial charge in [-0.15, -0.1) is 0 Å². The van der Waals surface area contributed by atoms with Gasteiger partial charge in [0.15, 0.2) is 0 Å². The second-order valence-electron chi connectivity index (χ2n) is 8.81. The van der Waals surface area contributed by atoms with Crippen molar-refractivity contribution in [1.82, 2.24) is 21.5 Å². The Morgan fingerprint density at radius 2 is 1.24 bits per heavy atom. The maximum Gasteiger partial charge on any atom is 0.460 e. The number of fused-ring (bicyclic) bond motifs is 1. The number of rotatable bonds is 11. The van der Waals surface area contributed by atoms with Crippen molar-refractivity contribution in [3.63, 3.8) is 0 Å². The van der Waals surface area contributed by atoms with Crippen LogP contribution in [0.1, 0.15) is 25.7 Å². The first-order chi connectivity index (χ1) is 18.3. The Bertz CT molecular complexity index is 1020. The Balaban J connectivity index is 2.00. The quantitative estimate of drug-likeness (QED) is 0.116. The summed E-state index contributed by atoms with van der Waals surface area (Å²) in [6.45, 7) is 0. The van der Waals surface area contributed by atoms with Crippen LogP contribution in [0.25, 0.3) is 0 Å². The van der Waals surface area contributed by atoms with Gasteiger partial charge in [0.05, 0.1) is 12.1 Å². The fourth-order valence-electron chi connectivity index (χ4n) is 3.65. The molecular weight excluding hydrogens is 637 g/mol. The number of hydrogen-bond acceptors (Lipinski definition) is 4. The molecule has 0 aliphatic carbocycles. The number of hydrogen-bond donors (Lipinski definition) is 4. The standard InChI is InChI=1S/C18H17F15N4O3S/c19-12(20,13(21,22)14(23,24)15(25,26)16(27,28)17(29,30)18(31,32)33)10(39)37-36-8(38)4-2-1-3-7-9-6(5-41-7)34-11(40)35-9/h6-7,9H,1-5H2,(H,36,38)(H,37,39)(H2,34,35,40)/t6-,7-,9-/m0/s1. The molecule has 2 aliphatic rings. The molecule has 0 spiro atoms. The molecule has 4 amide bonds. The molecule has 41 heavy (non-hydrogen) atoms. The smallest absolute Gasteiger partial charge is 0.332 e. The summed E-state index contributed by atoms with van der Waals surface area (Å²) in [5.74, 6) is -53.3. The van der Waals surface area contributed by atoms with Gasteiger partial charge in [-0.3, -0.25) is 20.4 Å². The summed E-state index contributed by atoms with van der Waals surface area (Å²) < 4.78 is 197. The third-order valence-corrected chi connectivity index (χ3v) is 7.52. The van der Waals surface area contributed by atoms with Crippen molar-refractivity contribution in [2.75, 3.05) is 5.75 Å². The van der Waals surface area contributed by atoms with Crippen molar-refractivity contribution >= 4 is 29.6 Å². The average Bonchev–Trinajstić information content (AvgIpc) is 3.37. The number of nitrogens with one attached hydrogen (secondary N) is 4. The maximum absolute atomic E-state index is 13.8. The Labute approximate surface area is 222 Å². The molecule has 0 saturated carbocycles. The van der Waals surface area contributed by atoms with E-state index in [1.54, 1.807) is 0 Å². The number of alkyl halides is 15. The second-order valence-corrected chi connectivity index (χ2v) is 10.1. The van der Waals surface area contributed by atoms with Crippen molar-refractivity contribution in [1.29, 1.82) is 0 Å². The molecule has 0 bridgehead atoms. The monoisotopic (exact) mass is 654 g/mol. The Kier molecular flexibility index (Phi) is 9.29. The summed E-state index contributed by atoms with van der Waals surface area (Å²) in [6, 6.07) is -0.762. The molecule has 23 heteroatoms. The van der Waals surface area contributed by atoms with Gasteiger partial charge in [0.2, 0.25) is 5.91 Å². The molecule has 238 valence electrons. The fourth-order valence-corrected chi connectivity index (χ4v) is 5.19. The molecule has 4 N–H and O–H groups in total. The van der Waals surface area contributed by atoms with Crippen LogP contribution < -0.4 is 21.5 Å². The lowest BCUT2D eigenvalue weighted by Crippen LogP contribution is -2.74. The molecule has 2 fully saturated rings. The van der Waals surface area contributed by atoms with Gasteiger partial charge in [-0.1, -0.05) is 6.42 Å². The fraction of sp³-hybridized carbons (Fsp3) is 0.833. The third-order valence-electron chi connectivity index (χ3n) is 6.01. The van der Waals surface area contributed by atoms with Gasteiger partial charge < -0.3 is 10.6 Å². The van der Waals surface area contributed by atoms with E-state index in [2.05, 4.69) is 10.6 Å². The molecule has 0 aromatic rings. The van der Waals surface area contributed by atoms with Gasteiger partial charge in [0.1, 0.15) is 0 Å². The topological polar surface area (TPSA) is 99.3 Å². The number of amides is 4. The van der Waals surface area contributed by atoms with Crippen LogP contribution in [-0.4, -0.2) is 82.6 Å². The van der Waals surface area contributed by atoms with Gasteiger partial charge in [-0.05, 0) is 12.8 Å². The van der Waals surface area contributed by atoms with Gasteiger partial charge in [-0.2, -0.15) is 77.6 Å². The molecule has 2 saturated heterocycles. The zero-order chi connectivity index (χ0) is 32.0. The van der Waals surface area contributed by atoms with E-state index in [4.69, 9.17) is 0 Å². The third kappa shape index (κ3) is 5.77. The number of unbranched alkanes of at least 4 members (excludes halogenated alkanes) is 1. The summed E-state index contributed by atoms with van der Waals surface area (Å²) in [6.07, 6.45) is -7.79. The summed E-state index contributed by atoms with van der Waals surface area (Å²) in [5.41, 5.74) is 1.46. The number of urea groups is 1. The first kappa shape index (κ1) is 34.7. The van der Waals surface area contributed by atoms with Crippen molar-refractivity contribution < 1.29 is 80.2 Å². The maximum atomic E-state index is 13.8. The van der Waals surface area contributed by atoms with E-state index in [1.165, 1.54) is 11.8 Å². The summed E-state index contributed by atoms with van der Waals surface area (Å²) in [7, 11) is 0. The largest absolute Gasteiger partial charge is 0.460 e. The van der Waals surface area contributed by atoms with E-state index in [0.29, 0.717) is 17.6 Å². The van der Waals surface area contributed by atoms with Crippen molar-refractivity contribution in [2.24, 2.45) is 0 Å². The van der Waals surface area contributed by atoms with E-state index in [-0.39, 0.29) is 30.2 Å². The summed E-state index contributed by atoms with van der Waals surface area (Å²) in [4.78, 5) is 34.3. The van der Waals surface area contributed by atoms with Crippen LogP contribution in [0, 0.1) is 0 Å². The van der Waals surface area contributed by atoms with E-state index in [0.717, 1.165) is 5.43 Å². The van der Waals surface area contributed by atoms with E-state index >= 15 is 0 Å². The number of carbonyl (C=O) groups excluding carboxylic acids is 3. The summed E-state index contributed by atoms with van der Waals surface area (Å²) >= 11 is 1.47. The highest BCUT2D eigenvalue weighted by atomic mass is 32.2. The molecule has 3 atom stereocenters. The lowest BCUT2D eigenvalue weighted by atomic mass is 9.91. The molecule has 2 aliphatic heterocycles. The zero-order valence-electron chi connectivity index (χ0n) is 19.6. The van der Waals surface area contributed by atoms with Crippen LogP contribution >= 0.6 is 11.8 Å². The molecule has 0 radical (unpaired) electrons. The highest BCUT2D eigenvalue weighted by Crippen LogP contribution is 2.62. The minimum absolute atomic E-state index is 0.0587. The van der Waals surface area contributed by atoms with E-state index in [9.17, 15) is 80.2 Å². The van der Waals surface area contributed by atoms with Gasteiger partial charge in [-0.25, -0.2) is 4.79 Å². The lowest BCUT2D eigenvalue weighted by molar-refractivity contribution is -0.449. The second kappa shape index (κ2) is 11.0. The highest BCUT2D eigenvalue weighted by Gasteiger charge is 2.94. The Hall–Kier alpha value is -2.49. The van der Waals surface area contributed by atoms with Crippen LogP contribution in [0.3, 0.4) is 0 Å². The van der Waals surface area contributed by atoms with Crippen LogP contribution in [0.15, 0.2) is 0 Å². The minimum Gasteiger partial charge on any atom is -0.332 e. The predicted molar refractivity (Wildman–Crippen MR) is 106 cm³/mol. The number of halogens is 15. The van der Waals surface area contributed by atoms with E-state index < -0.39 is 66.0 Å². The highest BCUT2D eigenvalue weighted by molar-refractivity contribution is 8.00. The van der Waals surface area contributed by atoms with Crippen LogP contribution in [-0.2, 0) is 9.59 Å². The van der Waals surface area contributed by atoms with Gasteiger partial charge >= 0.3 is 53.6 Å². The number of carbonyl (C=O) groups is 3. The SMILES string of the molecule is O=C(CCCC[C@@H]1SC[C@@H]2NC(=O)N[C@@H]21)NNC(=O)C(F)(F)C(F)(F)C(F)(F)C(F)(F)C(F)(F)C(F)(F)C(F)(F)F. The van der Waals surface area contributed by atoms with Crippen molar-refractivity contribution in [2.45, 2.75) is 84.7 Å². The summed E-state index contributed by atoms with van der Waals surface area (Å²) in [5, 5.41) is 5.21. The normalized spacial score (nSPS) is 22.6. The van der Waals surface area contributed by atoms with Crippen LogP contribution in [0.5, 0.6) is 0 Å². The molecule has 0 aromatic heterocycles. The molecule has 2 rings (SSSR count). The van der Waals surface area contributed by atoms with Gasteiger partial charge in [0, 0.05) is 17.4 Å². The van der Waals surface area contributed by atoms with Crippen LogP contribution in [0.4, 0.5) is 70.7 Å². The van der Waals surface area contributed by atoms with Gasteiger partial charge in [0.25, 0.3) is 0 Å². The zero-order valence-corrected chi connectivity index (χ0v) is 20.4. The van der Waals surface area contributed by atoms with E-state index in [1.807, 2.05) is 0 Å². The first-order valence-corrected chi connectivity index (χ1v) is 11.9. The van der Waals surface area contributed by atoms with Crippen molar-refractivity contribution in [3.05, 3.63) is 0 Å².